The van der Waals surface area contributed by atoms with E-state index >= 15 is 0 Å². The maximum atomic E-state index is 13.5. The minimum Gasteiger partial charge on any atom is -0.437 e. The lowest BCUT2D eigenvalue weighted by atomic mass is 10.2. The maximum absolute atomic E-state index is 13.5. The Morgan fingerprint density at radius 1 is 1.42 bits per heavy atom. The highest BCUT2D eigenvalue weighted by atomic mass is 79.9. The maximum Gasteiger partial charge on any atom is 0.255 e. The van der Waals surface area contributed by atoms with Crippen molar-refractivity contribution in [2.24, 2.45) is 5.73 Å². The molecule has 19 heavy (non-hydrogen) atoms. The van der Waals surface area contributed by atoms with Crippen molar-refractivity contribution in [3.8, 4) is 11.6 Å². The molecule has 0 saturated heterocycles. The number of ether oxygens (including phenoxy) is 1. The number of rotatable bonds is 3. The molecule has 0 aliphatic heterocycles. The minimum atomic E-state index is -0.917. The zero-order valence-electron chi connectivity index (χ0n) is 9.56. The van der Waals surface area contributed by atoms with E-state index in [9.17, 15) is 9.18 Å². The van der Waals surface area contributed by atoms with Gasteiger partial charge in [0.05, 0.1) is 16.4 Å². The van der Waals surface area contributed by atoms with Gasteiger partial charge in [-0.05, 0) is 34.1 Å². The molecule has 0 bridgehead atoms. The molecule has 1 aromatic carbocycles. The molecule has 0 fully saturated rings. The number of hydrogen-bond donors (Lipinski definition) is 2. The van der Waals surface area contributed by atoms with Gasteiger partial charge in [0.15, 0.2) is 0 Å². The van der Waals surface area contributed by atoms with E-state index in [2.05, 4.69) is 20.9 Å². The quantitative estimate of drug-likeness (QED) is 0.906. The number of pyridine rings is 1. The minimum absolute atomic E-state index is 0.00882. The second-order valence-corrected chi connectivity index (χ2v) is 4.49. The molecule has 98 valence electrons. The Balaban J connectivity index is 2.44. The number of carbonyl (C=O) groups excluding carboxylic acids is 1. The monoisotopic (exact) mass is 325 g/mol. The lowest BCUT2D eigenvalue weighted by molar-refractivity contribution is 0.0994. The predicted octanol–water partition coefficient (Wildman–Crippen LogP) is 2.46. The smallest absolute Gasteiger partial charge is 0.255 e. The van der Waals surface area contributed by atoms with E-state index in [0.29, 0.717) is 10.2 Å². The van der Waals surface area contributed by atoms with Crippen LogP contribution >= 0.6 is 15.9 Å². The van der Waals surface area contributed by atoms with Gasteiger partial charge in [-0.15, -0.1) is 0 Å². The molecule has 1 aromatic heterocycles. The third-order valence-electron chi connectivity index (χ3n) is 2.26. The zero-order valence-corrected chi connectivity index (χ0v) is 11.1. The second-order valence-electron chi connectivity index (χ2n) is 3.63. The average molecular weight is 326 g/mol. The standard InChI is InChI=1S/C12H9BrFN3O2/c13-7-4-6(15)5-17-12(7)19-9-3-1-2-8(14)10(9)11(16)18/h1-5H,15H2,(H2,16,18). The second kappa shape index (κ2) is 5.23. The number of nitrogen functional groups attached to an aromatic ring is 1. The number of primary amides is 1. The van der Waals surface area contributed by atoms with Crippen LogP contribution in [0, 0.1) is 5.82 Å². The Morgan fingerprint density at radius 3 is 2.79 bits per heavy atom. The Labute approximate surface area is 116 Å². The highest BCUT2D eigenvalue weighted by molar-refractivity contribution is 9.10. The number of hydrogen-bond acceptors (Lipinski definition) is 4. The van der Waals surface area contributed by atoms with Crippen LogP contribution in [0.1, 0.15) is 10.4 Å². The van der Waals surface area contributed by atoms with Crippen LogP contribution in [-0.2, 0) is 0 Å². The summed E-state index contributed by atoms with van der Waals surface area (Å²) in [5.74, 6) is -1.52. The van der Waals surface area contributed by atoms with Crippen LogP contribution in [0.25, 0.3) is 0 Å². The fourth-order valence-corrected chi connectivity index (χ4v) is 1.90. The van der Waals surface area contributed by atoms with Crippen LogP contribution in [0.2, 0.25) is 0 Å². The van der Waals surface area contributed by atoms with Crippen LogP contribution in [0.5, 0.6) is 11.6 Å². The molecule has 7 heteroatoms. The van der Waals surface area contributed by atoms with Crippen molar-refractivity contribution < 1.29 is 13.9 Å². The van der Waals surface area contributed by atoms with E-state index < -0.39 is 11.7 Å². The Kier molecular flexibility index (Phi) is 3.66. The number of aromatic nitrogens is 1. The number of carbonyl (C=O) groups is 1. The van der Waals surface area contributed by atoms with E-state index in [1.807, 2.05) is 0 Å². The van der Waals surface area contributed by atoms with Gasteiger partial charge < -0.3 is 16.2 Å². The van der Waals surface area contributed by atoms with Crippen molar-refractivity contribution in [1.82, 2.24) is 4.98 Å². The summed E-state index contributed by atoms with van der Waals surface area (Å²) >= 11 is 3.21. The van der Waals surface area contributed by atoms with Gasteiger partial charge in [-0.25, -0.2) is 9.37 Å². The highest BCUT2D eigenvalue weighted by Crippen LogP contribution is 2.31. The predicted molar refractivity (Wildman–Crippen MR) is 71.3 cm³/mol. The average Bonchev–Trinajstić information content (AvgIpc) is 2.32. The summed E-state index contributed by atoms with van der Waals surface area (Å²) in [6.07, 6.45) is 1.38. The van der Waals surface area contributed by atoms with Crippen LogP contribution in [0.15, 0.2) is 34.9 Å². The van der Waals surface area contributed by atoms with Crippen LogP contribution in [-0.4, -0.2) is 10.9 Å². The van der Waals surface area contributed by atoms with Gasteiger partial charge in [0, 0.05) is 0 Å². The van der Waals surface area contributed by atoms with Crippen LogP contribution in [0.3, 0.4) is 0 Å². The van der Waals surface area contributed by atoms with Crippen LogP contribution in [0.4, 0.5) is 10.1 Å². The lowest BCUT2D eigenvalue weighted by Crippen LogP contribution is -2.14. The molecule has 0 atom stereocenters. The van der Waals surface area contributed by atoms with Crippen molar-refractivity contribution in [1.29, 1.82) is 0 Å². The van der Waals surface area contributed by atoms with Crippen molar-refractivity contribution in [3.63, 3.8) is 0 Å². The molecular formula is C12H9BrFN3O2. The van der Waals surface area contributed by atoms with Gasteiger partial charge in [-0.2, -0.15) is 0 Å². The molecule has 0 aliphatic rings. The lowest BCUT2D eigenvalue weighted by Gasteiger charge is -2.10. The first-order chi connectivity index (χ1) is 8.99. The summed E-state index contributed by atoms with van der Waals surface area (Å²) in [6, 6.07) is 5.53. The van der Waals surface area contributed by atoms with Crippen molar-refractivity contribution >= 4 is 27.5 Å². The van der Waals surface area contributed by atoms with Gasteiger partial charge >= 0.3 is 0 Å². The van der Waals surface area contributed by atoms with Gasteiger partial charge in [0.2, 0.25) is 5.88 Å². The third kappa shape index (κ3) is 2.82. The summed E-state index contributed by atoms with van der Waals surface area (Å²) in [5.41, 5.74) is 10.8. The topological polar surface area (TPSA) is 91.2 Å². The van der Waals surface area contributed by atoms with E-state index in [1.165, 1.54) is 18.3 Å². The first kappa shape index (κ1) is 13.3. The molecule has 4 N–H and O–H groups in total. The molecule has 0 unspecified atom stereocenters. The number of nitrogens with two attached hydrogens (primary N) is 2. The zero-order chi connectivity index (χ0) is 14.0. The fraction of sp³-hybridized carbons (Fsp3) is 0. The van der Waals surface area contributed by atoms with E-state index in [4.69, 9.17) is 16.2 Å². The number of amides is 1. The highest BCUT2D eigenvalue weighted by Gasteiger charge is 2.17. The molecule has 0 spiro atoms. The van der Waals surface area contributed by atoms with Crippen LogP contribution < -0.4 is 16.2 Å². The molecular weight excluding hydrogens is 317 g/mol. The van der Waals surface area contributed by atoms with Crippen molar-refractivity contribution in [2.75, 3.05) is 5.73 Å². The fourth-order valence-electron chi connectivity index (χ4n) is 1.45. The summed E-state index contributed by atoms with van der Waals surface area (Å²) in [6.45, 7) is 0. The number of anilines is 1. The molecule has 0 aliphatic carbocycles. The summed E-state index contributed by atoms with van der Waals surface area (Å²) in [7, 11) is 0. The number of halogens is 2. The van der Waals surface area contributed by atoms with Gasteiger partial charge in [-0.3, -0.25) is 4.79 Å². The summed E-state index contributed by atoms with van der Waals surface area (Å²) in [5, 5.41) is 0. The van der Waals surface area contributed by atoms with Crippen molar-refractivity contribution in [2.45, 2.75) is 0 Å². The van der Waals surface area contributed by atoms with Crippen molar-refractivity contribution in [3.05, 3.63) is 46.3 Å². The van der Waals surface area contributed by atoms with E-state index in [-0.39, 0.29) is 17.2 Å². The first-order valence-electron chi connectivity index (χ1n) is 5.16. The Hall–Kier alpha value is -2.15. The van der Waals surface area contributed by atoms with E-state index in [0.717, 1.165) is 6.07 Å². The van der Waals surface area contributed by atoms with Gasteiger partial charge in [0.1, 0.15) is 17.1 Å². The molecule has 0 saturated carbocycles. The third-order valence-corrected chi connectivity index (χ3v) is 2.83. The first-order valence-corrected chi connectivity index (χ1v) is 5.95. The summed E-state index contributed by atoms with van der Waals surface area (Å²) in [4.78, 5) is 15.2. The summed E-state index contributed by atoms with van der Waals surface area (Å²) < 4.78 is 19.4. The van der Waals surface area contributed by atoms with Gasteiger partial charge in [-0.1, -0.05) is 6.07 Å². The van der Waals surface area contributed by atoms with E-state index in [1.54, 1.807) is 6.07 Å². The normalized spacial score (nSPS) is 10.2. The van der Waals surface area contributed by atoms with Gasteiger partial charge in [0.25, 0.3) is 5.91 Å². The largest absolute Gasteiger partial charge is 0.437 e. The molecule has 2 aromatic rings. The number of nitrogens with zero attached hydrogens (tertiary/aromatic N) is 1. The molecule has 1 amide bonds. The molecule has 5 nitrogen and oxygen atoms in total. The molecule has 0 radical (unpaired) electrons. The SMILES string of the molecule is NC(=O)c1c(F)cccc1Oc1ncc(N)cc1Br. The number of benzene rings is 1. The Bertz CT molecular complexity index is 649. The Morgan fingerprint density at radius 2 is 2.16 bits per heavy atom. The molecule has 2 rings (SSSR count). The molecule has 1 heterocycles.